The zero-order chi connectivity index (χ0) is 10.8. The van der Waals surface area contributed by atoms with E-state index in [4.69, 9.17) is 4.74 Å². The molecule has 0 fully saturated rings. The number of carbonyl (C=O) groups is 1. The van der Waals surface area contributed by atoms with Crippen molar-refractivity contribution in [3.8, 4) is 11.8 Å². The standard InChI is InChI=1S/C11H19NO2/c1-4-7-8-9-12-10(5-2)11(13)14-6-3/h10,12H,5-6,8-9H2,1-3H3. The predicted molar refractivity (Wildman–Crippen MR) is 56.8 cm³/mol. The number of esters is 1. The lowest BCUT2D eigenvalue weighted by atomic mass is 10.2. The molecule has 3 heteroatoms. The Kier molecular flexibility index (Phi) is 7.96. The summed E-state index contributed by atoms with van der Waals surface area (Å²) in [5.41, 5.74) is 0. The van der Waals surface area contributed by atoms with Gasteiger partial charge in [0.1, 0.15) is 6.04 Å². The highest BCUT2D eigenvalue weighted by Gasteiger charge is 2.15. The van der Waals surface area contributed by atoms with Crippen LogP contribution in [0, 0.1) is 11.8 Å². The van der Waals surface area contributed by atoms with Gasteiger partial charge in [-0.3, -0.25) is 4.79 Å². The van der Waals surface area contributed by atoms with Crippen molar-refractivity contribution in [1.82, 2.24) is 5.32 Å². The normalized spacial score (nSPS) is 11.4. The van der Waals surface area contributed by atoms with Crippen LogP contribution in [0.4, 0.5) is 0 Å². The van der Waals surface area contributed by atoms with Crippen LogP contribution in [0.1, 0.15) is 33.6 Å². The first-order valence-corrected chi connectivity index (χ1v) is 5.05. The Morgan fingerprint density at radius 2 is 2.21 bits per heavy atom. The Morgan fingerprint density at radius 1 is 1.50 bits per heavy atom. The highest BCUT2D eigenvalue weighted by atomic mass is 16.5. The van der Waals surface area contributed by atoms with Gasteiger partial charge >= 0.3 is 5.97 Å². The molecule has 0 bridgehead atoms. The van der Waals surface area contributed by atoms with Crippen molar-refractivity contribution in [3.63, 3.8) is 0 Å². The van der Waals surface area contributed by atoms with E-state index >= 15 is 0 Å². The summed E-state index contributed by atoms with van der Waals surface area (Å²) in [7, 11) is 0. The largest absolute Gasteiger partial charge is 0.465 e. The molecule has 0 aromatic heterocycles. The van der Waals surface area contributed by atoms with Gasteiger partial charge in [-0.15, -0.1) is 11.8 Å². The molecule has 0 amide bonds. The maximum atomic E-state index is 11.3. The van der Waals surface area contributed by atoms with Crippen molar-refractivity contribution < 1.29 is 9.53 Å². The van der Waals surface area contributed by atoms with Crippen LogP contribution in [-0.2, 0) is 9.53 Å². The fourth-order valence-corrected chi connectivity index (χ4v) is 1.07. The molecule has 0 saturated carbocycles. The third-order valence-electron chi connectivity index (χ3n) is 1.80. The van der Waals surface area contributed by atoms with Gasteiger partial charge in [-0.1, -0.05) is 6.92 Å². The monoisotopic (exact) mass is 197 g/mol. The van der Waals surface area contributed by atoms with Crippen LogP contribution in [0.25, 0.3) is 0 Å². The van der Waals surface area contributed by atoms with Gasteiger partial charge in [0, 0.05) is 13.0 Å². The molecule has 0 radical (unpaired) electrons. The summed E-state index contributed by atoms with van der Waals surface area (Å²) in [6.07, 6.45) is 1.52. The van der Waals surface area contributed by atoms with Crippen LogP contribution in [-0.4, -0.2) is 25.2 Å². The van der Waals surface area contributed by atoms with E-state index in [2.05, 4.69) is 17.2 Å². The number of carbonyl (C=O) groups excluding carboxylic acids is 1. The van der Waals surface area contributed by atoms with Crippen molar-refractivity contribution in [3.05, 3.63) is 0 Å². The molecule has 0 aliphatic heterocycles. The number of hydrogen-bond acceptors (Lipinski definition) is 3. The maximum absolute atomic E-state index is 11.3. The molecule has 0 aromatic rings. The molecular formula is C11H19NO2. The number of rotatable bonds is 6. The van der Waals surface area contributed by atoms with Crippen molar-refractivity contribution in [1.29, 1.82) is 0 Å². The minimum atomic E-state index is -0.186. The first-order chi connectivity index (χ1) is 6.76. The topological polar surface area (TPSA) is 38.3 Å². The molecule has 0 saturated heterocycles. The maximum Gasteiger partial charge on any atom is 0.323 e. The van der Waals surface area contributed by atoms with E-state index in [9.17, 15) is 4.79 Å². The minimum absolute atomic E-state index is 0.167. The number of nitrogens with one attached hydrogen (secondary N) is 1. The van der Waals surface area contributed by atoms with Crippen LogP contribution in [0.3, 0.4) is 0 Å². The Bertz CT molecular complexity index is 215. The molecule has 0 rings (SSSR count). The van der Waals surface area contributed by atoms with Crippen molar-refractivity contribution in [2.24, 2.45) is 0 Å². The molecule has 0 aliphatic rings. The van der Waals surface area contributed by atoms with Crippen LogP contribution >= 0.6 is 0 Å². The van der Waals surface area contributed by atoms with Gasteiger partial charge in [0.2, 0.25) is 0 Å². The zero-order valence-electron chi connectivity index (χ0n) is 9.22. The molecule has 1 unspecified atom stereocenters. The number of hydrogen-bond donors (Lipinski definition) is 1. The van der Waals surface area contributed by atoms with Gasteiger partial charge in [0.25, 0.3) is 0 Å². The van der Waals surface area contributed by atoms with Crippen LogP contribution in [0.5, 0.6) is 0 Å². The Morgan fingerprint density at radius 3 is 2.71 bits per heavy atom. The van der Waals surface area contributed by atoms with Crippen LogP contribution < -0.4 is 5.32 Å². The zero-order valence-corrected chi connectivity index (χ0v) is 9.22. The fourth-order valence-electron chi connectivity index (χ4n) is 1.07. The van der Waals surface area contributed by atoms with E-state index in [-0.39, 0.29) is 12.0 Å². The van der Waals surface area contributed by atoms with E-state index in [1.165, 1.54) is 0 Å². The third kappa shape index (κ3) is 5.60. The summed E-state index contributed by atoms with van der Waals surface area (Å²) in [6.45, 7) is 6.75. The lowest BCUT2D eigenvalue weighted by molar-refractivity contribution is -0.145. The quantitative estimate of drug-likeness (QED) is 0.396. The average molecular weight is 197 g/mol. The smallest absolute Gasteiger partial charge is 0.323 e. The molecule has 80 valence electrons. The van der Waals surface area contributed by atoms with E-state index in [1.807, 2.05) is 20.8 Å². The van der Waals surface area contributed by atoms with E-state index in [0.717, 1.165) is 19.4 Å². The molecule has 0 aromatic carbocycles. The van der Waals surface area contributed by atoms with E-state index in [1.54, 1.807) is 0 Å². The summed E-state index contributed by atoms with van der Waals surface area (Å²) in [4.78, 5) is 11.3. The molecule has 0 spiro atoms. The predicted octanol–water partition coefficient (Wildman–Crippen LogP) is 1.33. The third-order valence-corrected chi connectivity index (χ3v) is 1.80. The molecule has 1 atom stereocenters. The summed E-state index contributed by atoms with van der Waals surface area (Å²) < 4.78 is 4.91. The van der Waals surface area contributed by atoms with Gasteiger partial charge in [-0.25, -0.2) is 0 Å². The molecular weight excluding hydrogens is 178 g/mol. The van der Waals surface area contributed by atoms with Crippen LogP contribution in [0.2, 0.25) is 0 Å². The Labute approximate surface area is 86.2 Å². The Hall–Kier alpha value is -1.01. The molecule has 0 aliphatic carbocycles. The molecule has 1 N–H and O–H groups in total. The average Bonchev–Trinajstić information content (AvgIpc) is 2.18. The molecule has 0 heterocycles. The van der Waals surface area contributed by atoms with Gasteiger partial charge in [0.05, 0.1) is 6.61 Å². The lowest BCUT2D eigenvalue weighted by Gasteiger charge is -2.14. The minimum Gasteiger partial charge on any atom is -0.465 e. The summed E-state index contributed by atoms with van der Waals surface area (Å²) >= 11 is 0. The second-order valence-corrected chi connectivity index (χ2v) is 2.84. The van der Waals surface area contributed by atoms with Crippen molar-refractivity contribution in [2.75, 3.05) is 13.2 Å². The Balaban J connectivity index is 3.76. The van der Waals surface area contributed by atoms with E-state index < -0.39 is 0 Å². The lowest BCUT2D eigenvalue weighted by Crippen LogP contribution is -2.38. The van der Waals surface area contributed by atoms with E-state index in [0.29, 0.717) is 6.61 Å². The highest BCUT2D eigenvalue weighted by Crippen LogP contribution is 1.94. The summed E-state index contributed by atoms with van der Waals surface area (Å²) in [6, 6.07) is -0.186. The SMILES string of the molecule is CC#CCCNC(CC)C(=O)OCC. The van der Waals surface area contributed by atoms with Gasteiger partial charge in [-0.05, 0) is 20.3 Å². The highest BCUT2D eigenvalue weighted by molar-refractivity contribution is 5.75. The summed E-state index contributed by atoms with van der Waals surface area (Å²) in [5.74, 6) is 5.57. The second-order valence-electron chi connectivity index (χ2n) is 2.84. The number of ether oxygens (including phenoxy) is 1. The molecule has 3 nitrogen and oxygen atoms in total. The van der Waals surface area contributed by atoms with Crippen LogP contribution in [0.15, 0.2) is 0 Å². The fraction of sp³-hybridized carbons (Fsp3) is 0.727. The van der Waals surface area contributed by atoms with Gasteiger partial charge < -0.3 is 10.1 Å². The first-order valence-electron chi connectivity index (χ1n) is 5.05. The van der Waals surface area contributed by atoms with Gasteiger partial charge in [0.15, 0.2) is 0 Å². The van der Waals surface area contributed by atoms with Gasteiger partial charge in [-0.2, -0.15) is 0 Å². The second kappa shape index (κ2) is 8.58. The van der Waals surface area contributed by atoms with Crippen molar-refractivity contribution in [2.45, 2.75) is 39.7 Å². The first kappa shape index (κ1) is 13.0. The molecule has 14 heavy (non-hydrogen) atoms. The van der Waals surface area contributed by atoms with Crippen molar-refractivity contribution >= 4 is 5.97 Å². The summed E-state index contributed by atoms with van der Waals surface area (Å²) in [5, 5.41) is 3.11.